The molecule has 0 spiro atoms. The quantitative estimate of drug-likeness (QED) is 0.486. The van der Waals surface area contributed by atoms with Crippen LogP contribution < -0.4 is 10.4 Å². The Morgan fingerprint density at radius 2 is 1.85 bits per heavy atom. The molecule has 0 radical (unpaired) electrons. The van der Waals surface area contributed by atoms with Crippen molar-refractivity contribution in [1.29, 1.82) is 0 Å². The zero-order chi connectivity index (χ0) is 9.68. The summed E-state index contributed by atoms with van der Waals surface area (Å²) in [5, 5.41) is 0.503. The molecule has 0 fully saturated rings. The highest BCUT2D eigenvalue weighted by atomic mass is 16.1. The number of carbonyl (C=O) groups excluding carboxylic acids is 3. The SMILES string of the molecule is O=C=Cc1cc(=C=O)ccc1=C=O. The molecule has 0 N–H and O–H groups in total. The van der Waals surface area contributed by atoms with E-state index in [-0.39, 0.29) is 10.4 Å². The molecule has 0 atom stereocenters. The maximum atomic E-state index is 10.3. The average Bonchev–Trinajstić information content (AvgIpc) is 2.18. The van der Waals surface area contributed by atoms with Crippen LogP contribution in [0, 0.1) is 0 Å². The molecule has 0 aliphatic rings. The summed E-state index contributed by atoms with van der Waals surface area (Å²) in [6.07, 6.45) is 1.07. The lowest BCUT2D eigenvalue weighted by molar-refractivity contribution is 0.566. The van der Waals surface area contributed by atoms with Gasteiger partial charge in [-0.15, -0.1) is 0 Å². The lowest BCUT2D eigenvalue weighted by atomic mass is 10.1. The Hall–Kier alpha value is -2.17. The molecule has 0 heterocycles. The summed E-state index contributed by atoms with van der Waals surface area (Å²) in [6.45, 7) is 0. The molecule has 0 amide bonds. The van der Waals surface area contributed by atoms with E-state index in [1.165, 1.54) is 24.1 Å². The van der Waals surface area contributed by atoms with Gasteiger partial charge in [0.15, 0.2) is 0 Å². The summed E-state index contributed by atoms with van der Waals surface area (Å²) in [5.41, 5.74) is 0.325. The lowest BCUT2D eigenvalue weighted by Gasteiger charge is -1.87. The fraction of sp³-hybridized carbons (Fsp3) is 0. The van der Waals surface area contributed by atoms with Crippen LogP contribution in [-0.2, 0) is 14.4 Å². The van der Waals surface area contributed by atoms with Gasteiger partial charge in [-0.2, -0.15) is 0 Å². The van der Waals surface area contributed by atoms with E-state index >= 15 is 0 Å². The Morgan fingerprint density at radius 1 is 1.08 bits per heavy atom. The molecule has 0 aliphatic heterocycles. The molecule has 1 aromatic carbocycles. The highest BCUT2D eigenvalue weighted by Gasteiger charge is 1.91. The van der Waals surface area contributed by atoms with Crippen molar-refractivity contribution in [3.63, 3.8) is 0 Å². The first-order valence-corrected chi connectivity index (χ1v) is 3.43. The molecular formula is C10H4O3. The van der Waals surface area contributed by atoms with Gasteiger partial charge in [0.1, 0.15) is 17.8 Å². The van der Waals surface area contributed by atoms with Crippen molar-refractivity contribution < 1.29 is 14.4 Å². The van der Waals surface area contributed by atoms with Crippen LogP contribution in [0.15, 0.2) is 18.2 Å². The summed E-state index contributed by atoms with van der Waals surface area (Å²) >= 11 is 0. The Kier molecular flexibility index (Phi) is 2.75. The number of hydrogen-bond acceptors (Lipinski definition) is 3. The average molecular weight is 172 g/mol. The second kappa shape index (κ2) is 4.01. The molecule has 0 aromatic heterocycles. The minimum atomic E-state index is 0.224. The molecule has 1 aromatic rings. The standard InChI is InChI=1S/C10H4O3/c11-4-3-9-5-8(6-12)1-2-10(9)7-13/h1-3,5H. The first-order chi connectivity index (χ1) is 6.31. The van der Waals surface area contributed by atoms with Crippen molar-refractivity contribution in [3.05, 3.63) is 34.2 Å². The molecule has 0 bridgehead atoms. The van der Waals surface area contributed by atoms with Crippen LogP contribution in [0.1, 0.15) is 5.56 Å². The second-order valence-corrected chi connectivity index (χ2v) is 2.27. The number of rotatable bonds is 1. The smallest absolute Gasteiger partial charge is 0.133 e. The Bertz CT molecular complexity index is 526. The van der Waals surface area contributed by atoms with Gasteiger partial charge in [0.2, 0.25) is 0 Å². The maximum Gasteiger partial charge on any atom is 0.133 e. The summed E-state index contributed by atoms with van der Waals surface area (Å²) in [7, 11) is 0. The van der Waals surface area contributed by atoms with Crippen LogP contribution in [0.4, 0.5) is 0 Å². The zero-order valence-electron chi connectivity index (χ0n) is 6.53. The second-order valence-electron chi connectivity index (χ2n) is 2.27. The van der Waals surface area contributed by atoms with E-state index in [0.717, 1.165) is 6.08 Å². The minimum Gasteiger partial charge on any atom is -0.233 e. The summed E-state index contributed by atoms with van der Waals surface area (Å²) in [5.74, 6) is 4.82. The summed E-state index contributed by atoms with van der Waals surface area (Å²) in [4.78, 5) is 30.6. The third kappa shape index (κ3) is 1.90. The first-order valence-electron chi connectivity index (χ1n) is 3.43. The van der Waals surface area contributed by atoms with E-state index in [1.54, 1.807) is 11.9 Å². The molecule has 3 nitrogen and oxygen atoms in total. The van der Waals surface area contributed by atoms with E-state index in [4.69, 9.17) is 0 Å². The zero-order valence-corrected chi connectivity index (χ0v) is 6.53. The van der Waals surface area contributed by atoms with Crippen molar-refractivity contribution in [2.24, 2.45) is 0 Å². The van der Waals surface area contributed by atoms with Gasteiger partial charge in [0.25, 0.3) is 0 Å². The fourth-order valence-electron chi connectivity index (χ4n) is 0.902. The van der Waals surface area contributed by atoms with Crippen molar-refractivity contribution in [2.45, 2.75) is 0 Å². The van der Waals surface area contributed by atoms with Gasteiger partial charge in [-0.3, -0.25) is 0 Å². The van der Waals surface area contributed by atoms with Crippen LogP contribution in [0.5, 0.6) is 0 Å². The van der Waals surface area contributed by atoms with E-state index in [9.17, 15) is 14.4 Å². The minimum absolute atomic E-state index is 0.224. The van der Waals surface area contributed by atoms with Crippen LogP contribution in [-0.4, -0.2) is 17.8 Å². The Balaban J connectivity index is 3.73. The largest absolute Gasteiger partial charge is 0.233 e. The molecule has 0 aliphatic carbocycles. The third-order valence-corrected chi connectivity index (χ3v) is 1.49. The topological polar surface area (TPSA) is 51.2 Å². The predicted octanol–water partition coefficient (Wildman–Crippen LogP) is -1.46. The summed E-state index contributed by atoms with van der Waals surface area (Å²) in [6, 6.07) is 4.20. The number of benzene rings is 1. The fourth-order valence-corrected chi connectivity index (χ4v) is 0.902. The van der Waals surface area contributed by atoms with E-state index in [1.807, 2.05) is 0 Å². The molecule has 3 heteroatoms. The third-order valence-electron chi connectivity index (χ3n) is 1.49. The lowest BCUT2D eigenvalue weighted by Crippen LogP contribution is -2.14. The molecule has 13 heavy (non-hydrogen) atoms. The van der Waals surface area contributed by atoms with Gasteiger partial charge in [0.05, 0.1) is 10.4 Å². The molecule has 62 valence electrons. The molecule has 1 rings (SSSR count). The molecular weight excluding hydrogens is 168 g/mol. The molecule has 0 unspecified atom stereocenters. The first kappa shape index (κ1) is 8.92. The normalized spacial score (nSPS) is 8.00. The van der Waals surface area contributed by atoms with Gasteiger partial charge in [-0.25, -0.2) is 14.4 Å². The Morgan fingerprint density at radius 3 is 2.38 bits per heavy atom. The van der Waals surface area contributed by atoms with Crippen LogP contribution in [0.3, 0.4) is 0 Å². The van der Waals surface area contributed by atoms with Gasteiger partial charge < -0.3 is 0 Å². The van der Waals surface area contributed by atoms with Crippen molar-refractivity contribution >= 4 is 23.9 Å². The van der Waals surface area contributed by atoms with E-state index in [0.29, 0.717) is 5.56 Å². The van der Waals surface area contributed by atoms with Crippen molar-refractivity contribution in [3.8, 4) is 0 Å². The maximum absolute atomic E-state index is 10.3. The monoisotopic (exact) mass is 172 g/mol. The molecule has 0 saturated carbocycles. The van der Waals surface area contributed by atoms with Gasteiger partial charge >= 0.3 is 0 Å². The predicted molar refractivity (Wildman–Crippen MR) is 45.4 cm³/mol. The summed E-state index contributed by atoms with van der Waals surface area (Å²) < 4.78 is 0. The highest BCUT2D eigenvalue weighted by molar-refractivity contribution is 5.76. The van der Waals surface area contributed by atoms with Gasteiger partial charge in [-0.1, -0.05) is 0 Å². The van der Waals surface area contributed by atoms with Crippen molar-refractivity contribution in [2.75, 3.05) is 0 Å². The van der Waals surface area contributed by atoms with Crippen LogP contribution in [0.25, 0.3) is 6.08 Å². The van der Waals surface area contributed by atoms with E-state index in [2.05, 4.69) is 0 Å². The van der Waals surface area contributed by atoms with E-state index < -0.39 is 0 Å². The number of hydrogen-bond donors (Lipinski definition) is 0. The Labute approximate surface area is 73.3 Å². The van der Waals surface area contributed by atoms with Gasteiger partial charge in [0, 0.05) is 11.6 Å². The van der Waals surface area contributed by atoms with Gasteiger partial charge in [-0.05, 0) is 18.2 Å². The van der Waals surface area contributed by atoms with Crippen LogP contribution >= 0.6 is 0 Å². The van der Waals surface area contributed by atoms with Crippen molar-refractivity contribution in [1.82, 2.24) is 0 Å². The van der Waals surface area contributed by atoms with Crippen LogP contribution in [0.2, 0.25) is 0 Å². The molecule has 0 saturated heterocycles. The highest BCUT2D eigenvalue weighted by Crippen LogP contribution is 1.84.